The molecule has 2 fully saturated rings. The van der Waals surface area contributed by atoms with Gasteiger partial charge >= 0.3 is 5.97 Å². The maximum Gasteiger partial charge on any atom is 0.338 e. The molecule has 1 heterocycles. The van der Waals surface area contributed by atoms with E-state index in [0.717, 1.165) is 12.8 Å². The zero-order chi connectivity index (χ0) is 15.4. The molecule has 4 nitrogen and oxygen atoms in total. The smallest absolute Gasteiger partial charge is 0.338 e. The lowest BCUT2D eigenvalue weighted by Crippen LogP contribution is -2.35. The minimum absolute atomic E-state index is 0.0279. The van der Waals surface area contributed by atoms with Crippen LogP contribution in [0, 0.1) is 16.7 Å². The van der Waals surface area contributed by atoms with Crippen LogP contribution >= 0.6 is 11.8 Å². The molecule has 5 heteroatoms. The molecule has 0 radical (unpaired) electrons. The third kappa shape index (κ3) is 1.86. The van der Waals surface area contributed by atoms with Crippen LogP contribution in [0.2, 0.25) is 0 Å². The molecule has 1 N–H and O–H groups in total. The Morgan fingerprint density at radius 2 is 2.14 bits per heavy atom. The number of fused-ring (bicyclic) bond motifs is 2. The predicted octanol–water partition coefficient (Wildman–Crippen LogP) is 3.27. The molecule has 2 bridgehead atoms. The van der Waals surface area contributed by atoms with E-state index in [1.807, 2.05) is 0 Å². The molecule has 0 saturated heterocycles. The van der Waals surface area contributed by atoms with Crippen molar-refractivity contribution in [3.63, 3.8) is 0 Å². The normalized spacial score (nSPS) is 33.4. The number of carbonyl (C=O) groups excluding carboxylic acids is 1. The summed E-state index contributed by atoms with van der Waals surface area (Å²) in [5.41, 5.74) is 0.0616. The number of aromatic nitrogens is 1. The summed E-state index contributed by atoms with van der Waals surface area (Å²) in [5, 5.41) is 9.52. The van der Waals surface area contributed by atoms with Crippen molar-refractivity contribution in [3.05, 3.63) is 23.9 Å². The third-order valence-electron chi connectivity index (χ3n) is 5.71. The van der Waals surface area contributed by atoms with Crippen LogP contribution in [0.25, 0.3) is 0 Å². The molecule has 1 aromatic heterocycles. The molecule has 3 atom stereocenters. The van der Waals surface area contributed by atoms with Gasteiger partial charge in [-0.25, -0.2) is 9.78 Å². The Balaban J connectivity index is 1.97. The Bertz CT molecular complexity index is 628. The zero-order valence-electron chi connectivity index (χ0n) is 12.4. The lowest BCUT2D eigenvalue weighted by atomic mass is 9.71. The highest BCUT2D eigenvalue weighted by Crippen LogP contribution is 2.67. The fourth-order valence-corrected chi connectivity index (χ4v) is 5.53. The third-order valence-corrected chi connectivity index (χ3v) is 7.24. The Morgan fingerprint density at radius 1 is 1.43 bits per heavy atom. The van der Waals surface area contributed by atoms with E-state index in [-0.39, 0.29) is 33.3 Å². The van der Waals surface area contributed by atoms with Gasteiger partial charge in [0.05, 0.1) is 10.8 Å². The second kappa shape index (κ2) is 4.57. The molecule has 112 valence electrons. The number of carbonyl (C=O) groups is 2. The van der Waals surface area contributed by atoms with Gasteiger partial charge in [0.2, 0.25) is 0 Å². The Kier molecular flexibility index (Phi) is 3.17. The molecule has 21 heavy (non-hydrogen) atoms. The summed E-state index contributed by atoms with van der Waals surface area (Å²) in [6.45, 7) is 6.50. The highest BCUT2D eigenvalue weighted by Gasteiger charge is 2.66. The second-order valence-corrected chi connectivity index (χ2v) is 7.89. The number of nitrogens with zero attached hydrogens (tertiary/aromatic N) is 1. The SMILES string of the molecule is CC1(C)[C@H]2CC[C@@]1(C)[C@H](Sc1ncccc1C(=O)O)C2=O. The molecule has 0 aromatic carbocycles. The maximum absolute atomic E-state index is 12.7. The van der Waals surface area contributed by atoms with E-state index in [2.05, 4.69) is 25.8 Å². The lowest BCUT2D eigenvalue weighted by molar-refractivity contribution is -0.122. The van der Waals surface area contributed by atoms with Gasteiger partial charge < -0.3 is 5.11 Å². The molecule has 2 aliphatic rings. The number of pyridine rings is 1. The zero-order valence-corrected chi connectivity index (χ0v) is 13.2. The van der Waals surface area contributed by atoms with Gasteiger partial charge in [-0.15, -0.1) is 0 Å². The molecule has 0 amide bonds. The number of hydrogen-bond acceptors (Lipinski definition) is 4. The van der Waals surface area contributed by atoms with Gasteiger partial charge in [-0.1, -0.05) is 32.5 Å². The van der Waals surface area contributed by atoms with Crippen LogP contribution in [0.4, 0.5) is 0 Å². The quantitative estimate of drug-likeness (QED) is 0.928. The van der Waals surface area contributed by atoms with Crippen LogP contribution in [-0.4, -0.2) is 27.1 Å². The van der Waals surface area contributed by atoms with Crippen LogP contribution in [0.5, 0.6) is 0 Å². The van der Waals surface area contributed by atoms with E-state index in [9.17, 15) is 14.7 Å². The highest BCUT2D eigenvalue weighted by molar-refractivity contribution is 8.00. The molecule has 0 aliphatic heterocycles. The first kappa shape index (κ1) is 14.6. The Labute approximate surface area is 128 Å². The number of carboxylic acids is 1. The van der Waals surface area contributed by atoms with Crippen LogP contribution < -0.4 is 0 Å². The van der Waals surface area contributed by atoms with Crippen molar-refractivity contribution in [2.24, 2.45) is 16.7 Å². The van der Waals surface area contributed by atoms with Gasteiger partial charge in [0.1, 0.15) is 10.8 Å². The predicted molar refractivity (Wildman–Crippen MR) is 80.5 cm³/mol. The fraction of sp³-hybridized carbons (Fsp3) is 0.562. The van der Waals surface area contributed by atoms with Crippen LogP contribution in [0.15, 0.2) is 23.4 Å². The van der Waals surface area contributed by atoms with Crippen molar-refractivity contribution in [1.29, 1.82) is 0 Å². The van der Waals surface area contributed by atoms with Crippen LogP contribution in [-0.2, 0) is 4.79 Å². The van der Waals surface area contributed by atoms with E-state index in [1.165, 1.54) is 11.8 Å². The largest absolute Gasteiger partial charge is 0.478 e. The molecular formula is C16H19NO3S. The van der Waals surface area contributed by atoms with Crippen molar-refractivity contribution >= 4 is 23.5 Å². The molecule has 3 rings (SSSR count). The fourth-order valence-electron chi connectivity index (χ4n) is 3.94. The Morgan fingerprint density at radius 3 is 2.71 bits per heavy atom. The molecule has 0 spiro atoms. The van der Waals surface area contributed by atoms with Gasteiger partial charge in [0.25, 0.3) is 0 Å². The minimum atomic E-state index is -0.995. The number of aromatic carboxylic acids is 1. The van der Waals surface area contributed by atoms with Gasteiger partial charge in [-0.3, -0.25) is 4.79 Å². The number of Topliss-reactive ketones (excluding diaryl/α,β-unsaturated/α-hetero) is 1. The van der Waals surface area contributed by atoms with E-state index >= 15 is 0 Å². The summed E-state index contributed by atoms with van der Waals surface area (Å²) in [6, 6.07) is 3.16. The van der Waals surface area contributed by atoms with Gasteiger partial charge in [-0.2, -0.15) is 0 Å². The first-order chi connectivity index (χ1) is 9.79. The monoisotopic (exact) mass is 305 g/mol. The van der Waals surface area contributed by atoms with Crippen molar-refractivity contribution < 1.29 is 14.7 Å². The summed E-state index contributed by atoms with van der Waals surface area (Å²) in [4.78, 5) is 28.2. The lowest BCUT2D eigenvalue weighted by Gasteiger charge is -2.37. The van der Waals surface area contributed by atoms with Gasteiger partial charge in [-0.05, 0) is 35.8 Å². The highest BCUT2D eigenvalue weighted by atomic mass is 32.2. The van der Waals surface area contributed by atoms with Crippen molar-refractivity contribution in [1.82, 2.24) is 4.98 Å². The summed E-state index contributed by atoms with van der Waals surface area (Å²) in [7, 11) is 0. The molecular weight excluding hydrogens is 286 g/mol. The molecule has 1 aromatic rings. The topological polar surface area (TPSA) is 67.3 Å². The average Bonchev–Trinajstić information content (AvgIpc) is 2.73. The summed E-state index contributed by atoms with van der Waals surface area (Å²) < 4.78 is 0. The summed E-state index contributed by atoms with van der Waals surface area (Å²) in [5.74, 6) is -0.636. The van der Waals surface area contributed by atoms with Gasteiger partial charge in [0.15, 0.2) is 0 Å². The van der Waals surface area contributed by atoms with Crippen molar-refractivity contribution in [2.45, 2.75) is 43.9 Å². The average molecular weight is 305 g/mol. The second-order valence-electron chi connectivity index (χ2n) is 6.79. The summed E-state index contributed by atoms with van der Waals surface area (Å²) >= 11 is 1.34. The van der Waals surface area contributed by atoms with E-state index in [1.54, 1.807) is 18.3 Å². The maximum atomic E-state index is 12.7. The van der Waals surface area contributed by atoms with Crippen molar-refractivity contribution in [2.75, 3.05) is 0 Å². The number of rotatable bonds is 3. The van der Waals surface area contributed by atoms with E-state index in [0.29, 0.717) is 5.03 Å². The van der Waals surface area contributed by atoms with E-state index in [4.69, 9.17) is 0 Å². The van der Waals surface area contributed by atoms with E-state index < -0.39 is 5.97 Å². The first-order valence-corrected chi connectivity index (χ1v) is 8.05. The standard InChI is InChI=1S/C16H19NO3S/c1-15(2)10-6-7-16(15,3)12(11(10)18)21-13-9(14(19)20)5-4-8-17-13/h4-5,8,10,12H,6-7H2,1-3H3,(H,19,20)/t10-,12+,16-/m0/s1. The number of hydrogen-bond donors (Lipinski definition) is 1. The number of ketones is 1. The number of thioether (sulfide) groups is 1. The molecule has 2 saturated carbocycles. The van der Waals surface area contributed by atoms with Gasteiger partial charge in [0, 0.05) is 12.1 Å². The van der Waals surface area contributed by atoms with Crippen LogP contribution in [0.1, 0.15) is 44.0 Å². The summed E-state index contributed by atoms with van der Waals surface area (Å²) in [6.07, 6.45) is 3.55. The molecule has 2 aliphatic carbocycles. The first-order valence-electron chi connectivity index (χ1n) is 7.18. The molecule has 0 unspecified atom stereocenters. The number of carboxylic acid groups (broad SMARTS) is 1. The minimum Gasteiger partial charge on any atom is -0.478 e. The van der Waals surface area contributed by atoms with Crippen molar-refractivity contribution in [3.8, 4) is 0 Å². The van der Waals surface area contributed by atoms with Crippen LogP contribution in [0.3, 0.4) is 0 Å². The Hall–Kier alpha value is -1.36.